The van der Waals surface area contributed by atoms with Crippen molar-refractivity contribution in [1.82, 2.24) is 15.2 Å². The summed E-state index contributed by atoms with van der Waals surface area (Å²) >= 11 is 0. The molecule has 0 aliphatic carbocycles. The summed E-state index contributed by atoms with van der Waals surface area (Å²) in [7, 11) is 0. The Balaban J connectivity index is 1.48. The smallest absolute Gasteiger partial charge is 0.253 e. The van der Waals surface area contributed by atoms with Crippen molar-refractivity contribution in [3.8, 4) is 11.5 Å². The molecule has 27 heavy (non-hydrogen) atoms. The first-order valence-electron chi connectivity index (χ1n) is 9.46. The van der Waals surface area contributed by atoms with Gasteiger partial charge in [-0.2, -0.15) is 0 Å². The van der Waals surface area contributed by atoms with Crippen LogP contribution in [0.4, 0.5) is 5.69 Å². The highest BCUT2D eigenvalue weighted by Crippen LogP contribution is 2.30. The van der Waals surface area contributed by atoms with Gasteiger partial charge in [0.15, 0.2) is 5.58 Å². The predicted molar refractivity (Wildman–Crippen MR) is 104 cm³/mol. The van der Waals surface area contributed by atoms with Crippen molar-refractivity contribution in [3.63, 3.8) is 0 Å². The van der Waals surface area contributed by atoms with Gasteiger partial charge in [-0.15, -0.1) is 0 Å². The lowest BCUT2D eigenvalue weighted by molar-refractivity contribution is 0.0621. The first-order valence-corrected chi connectivity index (χ1v) is 9.46. The molecule has 4 heterocycles. The molecule has 3 aromatic rings. The average Bonchev–Trinajstić information content (AvgIpc) is 3.13. The number of hydrogen-bond acceptors (Lipinski definition) is 5. The van der Waals surface area contributed by atoms with Gasteiger partial charge in [-0.1, -0.05) is 18.2 Å². The summed E-state index contributed by atoms with van der Waals surface area (Å²) < 4.78 is 5.89. The maximum absolute atomic E-state index is 13.0. The molecule has 0 spiro atoms. The van der Waals surface area contributed by atoms with Crippen LogP contribution in [0.15, 0.2) is 46.9 Å². The van der Waals surface area contributed by atoms with Gasteiger partial charge in [-0.05, 0) is 50.0 Å². The third kappa shape index (κ3) is 2.96. The Morgan fingerprint density at radius 3 is 2.67 bits per heavy atom. The molecule has 1 aromatic heterocycles. The molecule has 1 amide bonds. The molecule has 6 rings (SSSR count). The predicted octanol–water partition coefficient (Wildman–Crippen LogP) is 2.90. The van der Waals surface area contributed by atoms with E-state index in [0.717, 1.165) is 38.0 Å². The quantitative estimate of drug-likeness (QED) is 0.700. The molecule has 3 fully saturated rings. The Morgan fingerprint density at radius 2 is 1.96 bits per heavy atom. The van der Waals surface area contributed by atoms with E-state index in [1.807, 2.05) is 30.3 Å². The summed E-state index contributed by atoms with van der Waals surface area (Å²) in [5.74, 6) is 0.930. The second-order valence-electron chi connectivity index (χ2n) is 7.52. The second-order valence-corrected chi connectivity index (χ2v) is 7.52. The highest BCUT2D eigenvalue weighted by molar-refractivity contribution is 6.06. The zero-order chi connectivity index (χ0) is 18.4. The molecule has 138 valence electrons. The monoisotopic (exact) mass is 362 g/mol. The third-order valence-corrected chi connectivity index (χ3v) is 5.76. The van der Waals surface area contributed by atoms with Crippen molar-refractivity contribution in [3.05, 3.63) is 48.0 Å². The largest absolute Gasteiger partial charge is 0.436 e. The van der Waals surface area contributed by atoms with Crippen LogP contribution in [0, 0.1) is 5.92 Å². The van der Waals surface area contributed by atoms with Crippen LogP contribution in [0.1, 0.15) is 23.2 Å². The SMILES string of the molecule is Nc1cc(C(=O)NC2CN3CCC2CC3)c2nc(-c3ccccc3)oc2c1. The number of piperidine rings is 3. The van der Waals surface area contributed by atoms with Crippen molar-refractivity contribution in [2.24, 2.45) is 5.92 Å². The fraction of sp³-hybridized carbons (Fsp3) is 0.333. The zero-order valence-corrected chi connectivity index (χ0v) is 15.0. The van der Waals surface area contributed by atoms with E-state index in [0.29, 0.717) is 34.2 Å². The number of rotatable bonds is 3. The van der Waals surface area contributed by atoms with Crippen LogP contribution in [0.25, 0.3) is 22.6 Å². The Kier molecular flexibility index (Phi) is 3.86. The summed E-state index contributed by atoms with van der Waals surface area (Å²) in [6.45, 7) is 3.21. The van der Waals surface area contributed by atoms with Gasteiger partial charge in [-0.3, -0.25) is 4.79 Å². The minimum absolute atomic E-state index is 0.126. The Labute approximate surface area is 157 Å². The number of nitrogens with one attached hydrogen (secondary N) is 1. The van der Waals surface area contributed by atoms with E-state index < -0.39 is 0 Å². The van der Waals surface area contributed by atoms with Crippen LogP contribution in [0.5, 0.6) is 0 Å². The molecule has 3 N–H and O–H groups in total. The van der Waals surface area contributed by atoms with Crippen LogP contribution in [0.3, 0.4) is 0 Å². The third-order valence-electron chi connectivity index (χ3n) is 5.76. The number of nitrogen functional groups attached to an aromatic ring is 1. The number of benzene rings is 2. The summed E-state index contributed by atoms with van der Waals surface area (Å²) in [5, 5.41) is 3.22. The average molecular weight is 362 g/mol. The van der Waals surface area contributed by atoms with E-state index in [1.54, 1.807) is 12.1 Å². The van der Waals surface area contributed by atoms with Crippen molar-refractivity contribution in [1.29, 1.82) is 0 Å². The molecule has 2 aromatic carbocycles. The van der Waals surface area contributed by atoms with Crippen LogP contribution in [-0.4, -0.2) is 41.5 Å². The molecule has 3 aliphatic heterocycles. The number of oxazole rings is 1. The minimum Gasteiger partial charge on any atom is -0.436 e. The number of nitrogens with zero attached hydrogens (tertiary/aromatic N) is 2. The fourth-order valence-electron chi connectivity index (χ4n) is 4.30. The number of fused-ring (bicyclic) bond motifs is 4. The van der Waals surface area contributed by atoms with Gasteiger partial charge in [0, 0.05) is 29.9 Å². The van der Waals surface area contributed by atoms with E-state index in [9.17, 15) is 4.79 Å². The van der Waals surface area contributed by atoms with Crippen molar-refractivity contribution < 1.29 is 9.21 Å². The first-order chi connectivity index (χ1) is 13.2. The highest BCUT2D eigenvalue weighted by Gasteiger charge is 2.35. The van der Waals surface area contributed by atoms with Crippen LogP contribution in [-0.2, 0) is 0 Å². The van der Waals surface area contributed by atoms with E-state index in [1.165, 1.54) is 0 Å². The van der Waals surface area contributed by atoms with E-state index >= 15 is 0 Å². The Morgan fingerprint density at radius 1 is 1.19 bits per heavy atom. The number of carbonyl (C=O) groups is 1. The highest BCUT2D eigenvalue weighted by atomic mass is 16.3. The van der Waals surface area contributed by atoms with Gasteiger partial charge in [0.05, 0.1) is 5.56 Å². The number of aromatic nitrogens is 1. The summed E-state index contributed by atoms with van der Waals surface area (Å²) in [6.07, 6.45) is 2.30. The van der Waals surface area contributed by atoms with Crippen molar-refractivity contribution >= 4 is 22.7 Å². The fourth-order valence-corrected chi connectivity index (χ4v) is 4.30. The van der Waals surface area contributed by atoms with E-state index in [2.05, 4.69) is 15.2 Å². The maximum Gasteiger partial charge on any atom is 0.253 e. The lowest BCUT2D eigenvalue weighted by atomic mass is 9.84. The molecule has 3 aliphatic rings. The van der Waals surface area contributed by atoms with Crippen LogP contribution in [0.2, 0.25) is 0 Å². The lowest BCUT2D eigenvalue weighted by Gasteiger charge is -2.44. The Bertz CT molecular complexity index is 990. The zero-order valence-electron chi connectivity index (χ0n) is 15.0. The van der Waals surface area contributed by atoms with Gasteiger partial charge in [0.1, 0.15) is 5.52 Å². The number of hydrogen-bond donors (Lipinski definition) is 2. The maximum atomic E-state index is 13.0. The molecule has 6 heteroatoms. The molecule has 3 saturated heterocycles. The second kappa shape index (κ2) is 6.39. The molecule has 6 nitrogen and oxygen atoms in total. The summed E-state index contributed by atoms with van der Waals surface area (Å²) in [6, 6.07) is 13.3. The van der Waals surface area contributed by atoms with Gasteiger partial charge in [0.25, 0.3) is 5.91 Å². The van der Waals surface area contributed by atoms with Gasteiger partial charge in [-0.25, -0.2) is 4.98 Å². The summed E-state index contributed by atoms with van der Waals surface area (Å²) in [5.41, 5.74) is 8.97. The topological polar surface area (TPSA) is 84.4 Å². The Hall–Kier alpha value is -2.86. The normalized spacial score (nSPS) is 24.2. The van der Waals surface area contributed by atoms with Crippen LogP contribution >= 0.6 is 0 Å². The number of anilines is 1. The van der Waals surface area contributed by atoms with Crippen molar-refractivity contribution in [2.45, 2.75) is 18.9 Å². The molecule has 1 unspecified atom stereocenters. The molecule has 0 radical (unpaired) electrons. The summed E-state index contributed by atoms with van der Waals surface area (Å²) in [4.78, 5) is 20.0. The van der Waals surface area contributed by atoms with E-state index in [-0.39, 0.29) is 11.9 Å². The van der Waals surface area contributed by atoms with E-state index in [4.69, 9.17) is 10.2 Å². The number of carbonyl (C=O) groups excluding carboxylic acids is 1. The van der Waals surface area contributed by atoms with Crippen LogP contribution < -0.4 is 11.1 Å². The van der Waals surface area contributed by atoms with Gasteiger partial charge in [0.2, 0.25) is 5.89 Å². The number of nitrogens with two attached hydrogens (primary N) is 1. The molecular formula is C21H22N4O2. The first kappa shape index (κ1) is 16.3. The standard InChI is InChI=1S/C21H22N4O2/c22-15-10-16(20(26)23-17-12-25-8-6-13(17)7-9-25)19-18(11-15)27-21(24-19)14-4-2-1-3-5-14/h1-5,10-11,13,17H,6-9,12,22H2,(H,23,26). The molecule has 0 saturated carbocycles. The minimum atomic E-state index is -0.126. The molecule has 2 bridgehead atoms. The number of amides is 1. The van der Waals surface area contributed by atoms with Crippen molar-refractivity contribution in [2.75, 3.05) is 25.4 Å². The lowest BCUT2D eigenvalue weighted by Crippen LogP contribution is -2.57. The molecular weight excluding hydrogens is 340 g/mol. The van der Waals surface area contributed by atoms with Gasteiger partial charge >= 0.3 is 0 Å². The molecule has 1 atom stereocenters. The van der Waals surface area contributed by atoms with Gasteiger partial charge < -0.3 is 20.4 Å².